The van der Waals surface area contributed by atoms with E-state index in [0.717, 1.165) is 5.69 Å². The number of carbonyl (C=O) groups excluding carboxylic acids is 2. The third-order valence-electron chi connectivity index (χ3n) is 2.00. The maximum Gasteiger partial charge on any atom is 0.279 e. The van der Waals surface area contributed by atoms with Gasteiger partial charge in [0.1, 0.15) is 0 Å². The lowest BCUT2D eigenvalue weighted by Gasteiger charge is -2.03. The lowest BCUT2D eigenvalue weighted by molar-refractivity contribution is -0.632. The third-order valence-corrected chi connectivity index (χ3v) is 2.00. The summed E-state index contributed by atoms with van der Waals surface area (Å²) in [6.07, 6.45) is 0. The average Bonchev–Trinajstić information content (AvgIpc) is 2.30. The molecule has 2 amide bonds. The van der Waals surface area contributed by atoms with Crippen LogP contribution in [0.4, 0.5) is 5.69 Å². The zero-order valence-corrected chi connectivity index (χ0v) is 9.19. The van der Waals surface area contributed by atoms with Gasteiger partial charge < -0.3 is 16.0 Å². The molecule has 0 radical (unpaired) electrons. The Morgan fingerprint density at radius 1 is 1.12 bits per heavy atom. The van der Waals surface area contributed by atoms with Crippen molar-refractivity contribution >= 4 is 17.5 Å². The molecule has 1 rings (SSSR count). The standard InChI is InChI=1S/C11H15N3O2/c1-12-10(15)7-13-8-11(16)14-9-5-3-2-4-6-9/h2-6,13H,7-8H2,1H3,(H,12,15)(H,14,16)/p+1. The van der Waals surface area contributed by atoms with Gasteiger partial charge in [0, 0.05) is 12.7 Å². The molecule has 0 aromatic heterocycles. The molecule has 86 valence electrons. The van der Waals surface area contributed by atoms with Crippen LogP contribution in [0.2, 0.25) is 0 Å². The number of nitrogens with two attached hydrogens (primary N) is 1. The Labute approximate surface area is 94.2 Å². The zero-order chi connectivity index (χ0) is 11.8. The van der Waals surface area contributed by atoms with Crippen molar-refractivity contribution < 1.29 is 14.9 Å². The fraction of sp³-hybridized carbons (Fsp3) is 0.273. The number of rotatable bonds is 5. The van der Waals surface area contributed by atoms with Gasteiger partial charge in [-0.05, 0) is 12.1 Å². The first-order chi connectivity index (χ1) is 7.72. The van der Waals surface area contributed by atoms with Gasteiger partial charge in [0.15, 0.2) is 13.1 Å². The Hall–Kier alpha value is -1.88. The third kappa shape index (κ3) is 4.56. The minimum atomic E-state index is -0.116. The van der Waals surface area contributed by atoms with E-state index >= 15 is 0 Å². The number of nitrogens with one attached hydrogen (secondary N) is 2. The molecule has 0 saturated heterocycles. The second-order valence-corrected chi connectivity index (χ2v) is 3.28. The van der Waals surface area contributed by atoms with E-state index in [-0.39, 0.29) is 24.9 Å². The largest absolute Gasteiger partial charge is 0.354 e. The van der Waals surface area contributed by atoms with Gasteiger partial charge in [0.25, 0.3) is 11.8 Å². The van der Waals surface area contributed by atoms with E-state index in [1.807, 2.05) is 30.3 Å². The predicted molar refractivity (Wildman–Crippen MR) is 60.8 cm³/mol. The van der Waals surface area contributed by atoms with Gasteiger partial charge in [-0.2, -0.15) is 0 Å². The van der Waals surface area contributed by atoms with Gasteiger partial charge in [0.2, 0.25) is 0 Å². The Kier molecular flexibility index (Phi) is 5.01. The number of hydrogen-bond acceptors (Lipinski definition) is 2. The van der Waals surface area contributed by atoms with E-state index < -0.39 is 0 Å². The molecule has 0 unspecified atom stereocenters. The van der Waals surface area contributed by atoms with Crippen molar-refractivity contribution in [3.05, 3.63) is 30.3 Å². The highest BCUT2D eigenvalue weighted by atomic mass is 16.2. The van der Waals surface area contributed by atoms with Crippen LogP contribution < -0.4 is 16.0 Å². The van der Waals surface area contributed by atoms with Crippen LogP contribution in [0.1, 0.15) is 0 Å². The van der Waals surface area contributed by atoms with Gasteiger partial charge in [-0.1, -0.05) is 18.2 Å². The number of benzene rings is 1. The van der Waals surface area contributed by atoms with E-state index in [4.69, 9.17) is 0 Å². The van der Waals surface area contributed by atoms with E-state index in [0.29, 0.717) is 0 Å². The number of anilines is 1. The van der Waals surface area contributed by atoms with Crippen LogP contribution in [0.3, 0.4) is 0 Å². The maximum absolute atomic E-state index is 11.4. The van der Waals surface area contributed by atoms with Crippen molar-refractivity contribution in [3.8, 4) is 0 Å². The summed E-state index contributed by atoms with van der Waals surface area (Å²) >= 11 is 0. The van der Waals surface area contributed by atoms with Gasteiger partial charge in [-0.3, -0.25) is 9.59 Å². The number of carbonyl (C=O) groups is 2. The highest BCUT2D eigenvalue weighted by Gasteiger charge is 2.05. The highest BCUT2D eigenvalue weighted by Crippen LogP contribution is 2.03. The molecule has 1 aromatic rings. The van der Waals surface area contributed by atoms with Crippen LogP contribution in [0, 0.1) is 0 Å². The Morgan fingerprint density at radius 2 is 1.75 bits per heavy atom. The quantitative estimate of drug-likeness (QED) is 0.593. The molecule has 0 spiro atoms. The first kappa shape index (κ1) is 12.2. The number of quaternary nitrogens is 1. The zero-order valence-electron chi connectivity index (χ0n) is 9.19. The van der Waals surface area contributed by atoms with Crippen LogP contribution in [-0.2, 0) is 9.59 Å². The minimum Gasteiger partial charge on any atom is -0.354 e. The monoisotopic (exact) mass is 222 g/mol. The molecule has 0 heterocycles. The number of para-hydroxylation sites is 1. The van der Waals surface area contributed by atoms with Crippen molar-refractivity contribution in [2.75, 3.05) is 25.5 Å². The van der Waals surface area contributed by atoms with E-state index in [2.05, 4.69) is 10.6 Å². The van der Waals surface area contributed by atoms with Crippen LogP contribution in [0.15, 0.2) is 30.3 Å². The number of likely N-dealkylation sites (N-methyl/N-ethyl adjacent to an activating group) is 1. The molecular formula is C11H16N3O2+. The highest BCUT2D eigenvalue weighted by molar-refractivity contribution is 5.91. The van der Waals surface area contributed by atoms with Crippen molar-refractivity contribution in [3.63, 3.8) is 0 Å². The summed E-state index contributed by atoms with van der Waals surface area (Å²) in [6.45, 7) is 0.501. The SMILES string of the molecule is CNC(=O)C[NH2+]CC(=O)Nc1ccccc1. The van der Waals surface area contributed by atoms with E-state index in [1.165, 1.54) is 0 Å². The molecule has 0 saturated carbocycles. The Bertz CT molecular complexity index is 352. The summed E-state index contributed by atoms with van der Waals surface area (Å²) in [4.78, 5) is 22.3. The first-order valence-corrected chi connectivity index (χ1v) is 5.09. The van der Waals surface area contributed by atoms with E-state index in [9.17, 15) is 9.59 Å². The molecule has 16 heavy (non-hydrogen) atoms. The smallest absolute Gasteiger partial charge is 0.279 e. The maximum atomic E-state index is 11.4. The predicted octanol–water partition coefficient (Wildman–Crippen LogP) is -1.07. The fourth-order valence-electron chi connectivity index (χ4n) is 1.17. The van der Waals surface area contributed by atoms with Gasteiger partial charge in [-0.15, -0.1) is 0 Å². The Balaban J connectivity index is 2.24. The van der Waals surface area contributed by atoms with Crippen molar-refractivity contribution in [1.29, 1.82) is 0 Å². The van der Waals surface area contributed by atoms with Crippen LogP contribution in [0.25, 0.3) is 0 Å². The summed E-state index contributed by atoms with van der Waals surface area (Å²) < 4.78 is 0. The van der Waals surface area contributed by atoms with Gasteiger partial charge >= 0.3 is 0 Å². The normalized spacial score (nSPS) is 9.56. The number of hydrogen-bond donors (Lipinski definition) is 3. The molecule has 0 aliphatic carbocycles. The van der Waals surface area contributed by atoms with Gasteiger partial charge in [0.05, 0.1) is 0 Å². The minimum absolute atomic E-state index is 0.0903. The van der Waals surface area contributed by atoms with Crippen LogP contribution in [-0.4, -0.2) is 32.0 Å². The molecule has 5 nitrogen and oxygen atoms in total. The van der Waals surface area contributed by atoms with Crippen molar-refractivity contribution in [2.45, 2.75) is 0 Å². The summed E-state index contributed by atoms with van der Waals surface area (Å²) in [5.74, 6) is -0.206. The average molecular weight is 222 g/mol. The van der Waals surface area contributed by atoms with Crippen molar-refractivity contribution in [1.82, 2.24) is 5.32 Å². The molecule has 0 aliphatic rings. The summed E-state index contributed by atoms with van der Waals surface area (Å²) in [6, 6.07) is 9.22. The molecule has 5 heteroatoms. The lowest BCUT2D eigenvalue weighted by Crippen LogP contribution is -2.88. The molecule has 0 atom stereocenters. The fourth-order valence-corrected chi connectivity index (χ4v) is 1.17. The molecule has 0 bridgehead atoms. The number of amides is 2. The molecular weight excluding hydrogens is 206 g/mol. The molecule has 1 aromatic carbocycles. The van der Waals surface area contributed by atoms with Crippen LogP contribution >= 0.6 is 0 Å². The molecule has 0 fully saturated rings. The summed E-state index contributed by atoms with van der Waals surface area (Å²) in [7, 11) is 1.57. The van der Waals surface area contributed by atoms with Gasteiger partial charge in [-0.25, -0.2) is 0 Å². The second-order valence-electron chi connectivity index (χ2n) is 3.28. The Morgan fingerprint density at radius 3 is 2.38 bits per heavy atom. The van der Waals surface area contributed by atoms with E-state index in [1.54, 1.807) is 12.4 Å². The molecule has 0 aliphatic heterocycles. The topological polar surface area (TPSA) is 74.8 Å². The first-order valence-electron chi connectivity index (χ1n) is 5.09. The molecule has 4 N–H and O–H groups in total. The van der Waals surface area contributed by atoms with Crippen molar-refractivity contribution in [2.24, 2.45) is 0 Å². The van der Waals surface area contributed by atoms with Crippen LogP contribution in [0.5, 0.6) is 0 Å². The summed E-state index contributed by atoms with van der Waals surface area (Å²) in [5.41, 5.74) is 0.765. The second kappa shape index (κ2) is 6.58. The lowest BCUT2D eigenvalue weighted by atomic mass is 10.3. The summed E-state index contributed by atoms with van der Waals surface area (Å²) in [5, 5.41) is 6.87.